The summed E-state index contributed by atoms with van der Waals surface area (Å²) in [6, 6.07) is 86.0. The van der Waals surface area contributed by atoms with E-state index in [2.05, 4.69) is 241 Å². The fourth-order valence-electron chi connectivity index (χ4n) is 8.64. The number of hydrogen-bond acceptors (Lipinski definition) is 2. The lowest BCUT2D eigenvalue weighted by Crippen LogP contribution is -2.10. The van der Waals surface area contributed by atoms with Crippen LogP contribution in [-0.2, 0) is 0 Å². The van der Waals surface area contributed by atoms with Gasteiger partial charge in [0, 0.05) is 26.8 Å². The molecular formula is C58H39NS. The summed E-state index contributed by atoms with van der Waals surface area (Å²) in [7, 11) is 0. The Kier molecular flexibility index (Phi) is 9.11. The van der Waals surface area contributed by atoms with E-state index >= 15 is 0 Å². The van der Waals surface area contributed by atoms with Crippen LogP contribution in [0.3, 0.4) is 0 Å². The van der Waals surface area contributed by atoms with E-state index in [1.807, 2.05) is 11.3 Å². The minimum atomic E-state index is 1.11. The Morgan fingerprint density at radius 1 is 0.283 bits per heavy atom. The highest BCUT2D eigenvalue weighted by Crippen LogP contribution is 2.45. The highest BCUT2D eigenvalue weighted by Gasteiger charge is 2.19. The van der Waals surface area contributed by atoms with Crippen LogP contribution in [0.4, 0.5) is 17.1 Å². The number of nitrogens with zero attached hydrogens (tertiary/aromatic N) is 1. The number of benzene rings is 10. The Morgan fingerprint density at radius 3 is 1.47 bits per heavy atom. The molecule has 282 valence electrons. The summed E-state index contributed by atoms with van der Waals surface area (Å²) in [5.41, 5.74) is 15.5. The molecule has 0 saturated heterocycles. The van der Waals surface area contributed by atoms with Crippen LogP contribution in [0, 0.1) is 0 Å². The van der Waals surface area contributed by atoms with Gasteiger partial charge in [-0.1, -0.05) is 188 Å². The first kappa shape index (κ1) is 35.6. The molecule has 11 aromatic rings. The molecule has 0 unspecified atom stereocenters. The second-order valence-electron chi connectivity index (χ2n) is 15.3. The first-order valence-electron chi connectivity index (χ1n) is 20.5. The SMILES string of the molecule is c1ccc(-c2ccccc2-c2ccc(N(c3ccc(-c4ccc(-c5cccc(-c6ccc7ccccc7c6)c5)cc4)cc3)c3cccc4c3sc3ccccc34)cc2)cc1. The second-order valence-corrected chi connectivity index (χ2v) is 16.4. The predicted molar refractivity (Wildman–Crippen MR) is 259 cm³/mol. The predicted octanol–water partition coefficient (Wildman–Crippen LogP) is 17.0. The molecule has 0 radical (unpaired) electrons. The molecule has 1 aromatic heterocycles. The van der Waals surface area contributed by atoms with Gasteiger partial charge in [0.1, 0.15) is 0 Å². The van der Waals surface area contributed by atoms with E-state index in [1.165, 1.54) is 92.3 Å². The highest BCUT2D eigenvalue weighted by molar-refractivity contribution is 7.26. The van der Waals surface area contributed by atoms with Crippen molar-refractivity contribution in [1.29, 1.82) is 0 Å². The molecule has 60 heavy (non-hydrogen) atoms. The fraction of sp³-hybridized carbons (Fsp3) is 0. The topological polar surface area (TPSA) is 3.24 Å². The average Bonchev–Trinajstić information content (AvgIpc) is 3.72. The lowest BCUT2D eigenvalue weighted by molar-refractivity contribution is 1.30. The third-order valence-electron chi connectivity index (χ3n) is 11.7. The van der Waals surface area contributed by atoms with Gasteiger partial charge in [0.25, 0.3) is 0 Å². The average molecular weight is 782 g/mol. The van der Waals surface area contributed by atoms with Crippen LogP contribution in [0.1, 0.15) is 0 Å². The first-order valence-corrected chi connectivity index (χ1v) is 21.3. The first-order chi connectivity index (χ1) is 29.7. The number of thiophene rings is 1. The van der Waals surface area contributed by atoms with Crippen LogP contribution in [0.15, 0.2) is 237 Å². The van der Waals surface area contributed by atoms with E-state index in [4.69, 9.17) is 0 Å². The van der Waals surface area contributed by atoms with E-state index < -0.39 is 0 Å². The van der Waals surface area contributed by atoms with Crippen molar-refractivity contribution in [3.63, 3.8) is 0 Å². The molecule has 0 aliphatic heterocycles. The highest BCUT2D eigenvalue weighted by atomic mass is 32.1. The van der Waals surface area contributed by atoms with Crippen molar-refractivity contribution in [1.82, 2.24) is 0 Å². The zero-order valence-corrected chi connectivity index (χ0v) is 33.7. The van der Waals surface area contributed by atoms with Gasteiger partial charge in [0.2, 0.25) is 0 Å². The van der Waals surface area contributed by atoms with Gasteiger partial charge >= 0.3 is 0 Å². The molecule has 11 rings (SSSR count). The number of anilines is 3. The standard InChI is InChI=1S/C58H39NS/c1-2-13-44(14-3-1)52-18-6-7-19-53(52)45-32-36-51(37-33-45)59(56-22-11-21-55-54-20-8-9-23-57(54)60-58(55)56)50-34-30-42(31-35-50)41-24-26-43(27-25-41)47-16-10-17-48(38-47)49-29-28-40-12-4-5-15-46(40)39-49/h1-39H. The van der Waals surface area contributed by atoms with Crippen molar-refractivity contribution in [2.45, 2.75) is 0 Å². The quantitative estimate of drug-likeness (QED) is 0.148. The van der Waals surface area contributed by atoms with E-state index in [9.17, 15) is 0 Å². The van der Waals surface area contributed by atoms with Crippen LogP contribution in [0.25, 0.3) is 86.6 Å². The maximum atomic E-state index is 2.42. The lowest BCUT2D eigenvalue weighted by atomic mass is 9.94. The van der Waals surface area contributed by atoms with Gasteiger partial charge in [-0.15, -0.1) is 11.3 Å². The Balaban J connectivity index is 0.934. The fourth-order valence-corrected chi connectivity index (χ4v) is 9.84. The summed E-state index contributed by atoms with van der Waals surface area (Å²) in [6.07, 6.45) is 0. The Labute approximate surface area is 354 Å². The molecule has 0 aliphatic rings. The van der Waals surface area contributed by atoms with Gasteiger partial charge in [-0.25, -0.2) is 0 Å². The summed E-state index contributed by atoms with van der Waals surface area (Å²) in [6.45, 7) is 0. The molecule has 0 aliphatic carbocycles. The molecule has 1 heterocycles. The van der Waals surface area contributed by atoms with Crippen LogP contribution in [-0.4, -0.2) is 0 Å². The Bertz CT molecular complexity index is 3290. The molecule has 0 N–H and O–H groups in total. The number of rotatable bonds is 8. The third kappa shape index (κ3) is 6.63. The molecule has 0 bridgehead atoms. The molecule has 0 fully saturated rings. The van der Waals surface area contributed by atoms with Crippen molar-refractivity contribution in [2.75, 3.05) is 4.90 Å². The van der Waals surface area contributed by atoms with Crippen molar-refractivity contribution in [3.05, 3.63) is 237 Å². The van der Waals surface area contributed by atoms with E-state index in [-0.39, 0.29) is 0 Å². The zero-order valence-electron chi connectivity index (χ0n) is 32.9. The van der Waals surface area contributed by atoms with Crippen molar-refractivity contribution >= 4 is 59.3 Å². The molecule has 10 aromatic carbocycles. The van der Waals surface area contributed by atoms with Crippen molar-refractivity contribution < 1.29 is 0 Å². The Morgan fingerprint density at radius 2 is 0.750 bits per heavy atom. The van der Waals surface area contributed by atoms with E-state index in [0.717, 1.165) is 11.4 Å². The van der Waals surface area contributed by atoms with Crippen LogP contribution in [0.5, 0.6) is 0 Å². The largest absolute Gasteiger partial charge is 0.309 e. The maximum absolute atomic E-state index is 2.42. The maximum Gasteiger partial charge on any atom is 0.0640 e. The summed E-state index contributed by atoms with van der Waals surface area (Å²) < 4.78 is 2.58. The molecule has 0 amide bonds. The molecule has 0 spiro atoms. The molecule has 1 nitrogen and oxygen atoms in total. The third-order valence-corrected chi connectivity index (χ3v) is 12.9. The molecule has 2 heteroatoms. The number of hydrogen-bond donors (Lipinski definition) is 0. The number of fused-ring (bicyclic) bond motifs is 4. The van der Waals surface area contributed by atoms with Crippen LogP contribution >= 0.6 is 11.3 Å². The summed E-state index contributed by atoms with van der Waals surface area (Å²) in [5, 5.41) is 5.10. The van der Waals surface area contributed by atoms with Gasteiger partial charge in [0.15, 0.2) is 0 Å². The van der Waals surface area contributed by atoms with Gasteiger partial charge in [0.05, 0.1) is 10.4 Å². The Hall–Kier alpha value is -7.52. The minimum absolute atomic E-state index is 1.11. The molecular weight excluding hydrogens is 743 g/mol. The summed E-state index contributed by atoms with van der Waals surface area (Å²) >= 11 is 1.86. The van der Waals surface area contributed by atoms with E-state index in [1.54, 1.807) is 0 Å². The normalized spacial score (nSPS) is 11.3. The molecule has 0 atom stereocenters. The smallest absolute Gasteiger partial charge is 0.0640 e. The van der Waals surface area contributed by atoms with Crippen LogP contribution in [0.2, 0.25) is 0 Å². The molecule has 0 saturated carbocycles. The minimum Gasteiger partial charge on any atom is -0.309 e. The zero-order chi connectivity index (χ0) is 39.8. The van der Waals surface area contributed by atoms with Gasteiger partial charge < -0.3 is 4.90 Å². The summed E-state index contributed by atoms with van der Waals surface area (Å²) in [4.78, 5) is 2.42. The van der Waals surface area contributed by atoms with Crippen LogP contribution < -0.4 is 4.90 Å². The van der Waals surface area contributed by atoms with Gasteiger partial charge in [-0.05, 0) is 115 Å². The van der Waals surface area contributed by atoms with Crippen molar-refractivity contribution in [3.8, 4) is 55.6 Å². The van der Waals surface area contributed by atoms with Gasteiger partial charge in [-0.2, -0.15) is 0 Å². The lowest BCUT2D eigenvalue weighted by Gasteiger charge is -2.26. The second kappa shape index (κ2) is 15.3. The van der Waals surface area contributed by atoms with Gasteiger partial charge in [-0.3, -0.25) is 0 Å². The van der Waals surface area contributed by atoms with Crippen molar-refractivity contribution in [2.24, 2.45) is 0 Å². The monoisotopic (exact) mass is 781 g/mol. The summed E-state index contributed by atoms with van der Waals surface area (Å²) in [5.74, 6) is 0. The van der Waals surface area contributed by atoms with E-state index in [0.29, 0.717) is 0 Å².